The first kappa shape index (κ1) is 18.1. The zero-order valence-electron chi connectivity index (χ0n) is 15.8. The van der Waals surface area contributed by atoms with E-state index in [1.807, 2.05) is 42.6 Å². The van der Waals surface area contributed by atoms with Gasteiger partial charge in [-0.3, -0.25) is 9.30 Å². The molecule has 3 aromatic rings. The first-order valence-corrected chi connectivity index (χ1v) is 9.72. The summed E-state index contributed by atoms with van der Waals surface area (Å²) in [5.74, 6) is 0.544. The van der Waals surface area contributed by atoms with Crippen LogP contribution in [0.3, 0.4) is 0 Å². The summed E-state index contributed by atoms with van der Waals surface area (Å²) in [6.45, 7) is 0.960. The van der Waals surface area contributed by atoms with Crippen LogP contribution in [0, 0.1) is 0 Å². The first-order chi connectivity index (χ1) is 14.1. The van der Waals surface area contributed by atoms with Gasteiger partial charge in [0.2, 0.25) is 5.78 Å². The molecule has 2 atom stereocenters. The number of imidazole rings is 1. The fourth-order valence-corrected chi connectivity index (χ4v) is 4.45. The highest BCUT2D eigenvalue weighted by Crippen LogP contribution is 2.41. The van der Waals surface area contributed by atoms with E-state index in [4.69, 9.17) is 9.47 Å². The lowest BCUT2D eigenvalue weighted by Gasteiger charge is -2.50. The van der Waals surface area contributed by atoms with Crippen LogP contribution in [0.2, 0.25) is 0 Å². The molecule has 8 heteroatoms. The third kappa shape index (κ3) is 3.24. The lowest BCUT2D eigenvalue weighted by atomic mass is 9.79. The number of aromatic nitrogens is 3. The van der Waals surface area contributed by atoms with E-state index in [2.05, 4.69) is 9.97 Å². The molecule has 1 amide bonds. The summed E-state index contributed by atoms with van der Waals surface area (Å²) >= 11 is 0. The van der Waals surface area contributed by atoms with Gasteiger partial charge in [0.15, 0.2) is 0 Å². The standard InChI is InChI=1S/C21H22N4O4/c26-20(29-12-15-5-2-1-3-6-15)25-16-9-21(27,10-17(25)14-28-13-16)18-11-23-19-22-7-4-8-24(18)19/h1-8,11,16-17,27H,9-10,12-14H2. The molecule has 2 bridgehead atoms. The molecule has 0 saturated carbocycles. The van der Waals surface area contributed by atoms with E-state index in [-0.39, 0.29) is 24.8 Å². The van der Waals surface area contributed by atoms with Gasteiger partial charge in [-0.05, 0) is 11.6 Å². The molecule has 1 aromatic carbocycles. The Hall–Kier alpha value is -2.97. The largest absolute Gasteiger partial charge is 0.445 e. The molecule has 0 aliphatic carbocycles. The van der Waals surface area contributed by atoms with Crippen LogP contribution in [-0.4, -0.2) is 55.8 Å². The molecule has 8 nitrogen and oxygen atoms in total. The van der Waals surface area contributed by atoms with E-state index < -0.39 is 5.60 Å². The van der Waals surface area contributed by atoms with Crippen LogP contribution in [0.5, 0.6) is 0 Å². The topological polar surface area (TPSA) is 89.2 Å². The van der Waals surface area contributed by atoms with Crippen molar-refractivity contribution in [3.05, 3.63) is 66.2 Å². The summed E-state index contributed by atoms with van der Waals surface area (Å²) < 4.78 is 13.0. The van der Waals surface area contributed by atoms with Gasteiger partial charge in [-0.2, -0.15) is 0 Å². The van der Waals surface area contributed by atoms with Crippen molar-refractivity contribution < 1.29 is 19.4 Å². The maximum Gasteiger partial charge on any atom is 0.410 e. The van der Waals surface area contributed by atoms with Crippen molar-refractivity contribution in [2.24, 2.45) is 0 Å². The van der Waals surface area contributed by atoms with Crippen molar-refractivity contribution in [1.29, 1.82) is 0 Å². The van der Waals surface area contributed by atoms with Crippen molar-refractivity contribution in [3.8, 4) is 0 Å². The van der Waals surface area contributed by atoms with E-state index >= 15 is 0 Å². The summed E-state index contributed by atoms with van der Waals surface area (Å²) in [6, 6.07) is 10.9. The molecule has 5 rings (SSSR count). The molecule has 2 aliphatic heterocycles. The number of rotatable bonds is 3. The van der Waals surface area contributed by atoms with Crippen molar-refractivity contribution in [1.82, 2.24) is 19.3 Å². The average Bonchev–Trinajstić information content (AvgIpc) is 3.17. The summed E-state index contributed by atoms with van der Waals surface area (Å²) in [5, 5.41) is 11.5. The number of hydrogen-bond donors (Lipinski definition) is 1. The maximum atomic E-state index is 12.8. The molecular formula is C21H22N4O4. The van der Waals surface area contributed by atoms with Gasteiger partial charge in [0, 0.05) is 25.2 Å². The molecule has 4 heterocycles. The number of benzene rings is 1. The van der Waals surface area contributed by atoms with Gasteiger partial charge in [-0.1, -0.05) is 30.3 Å². The number of piperidine rings is 1. The summed E-state index contributed by atoms with van der Waals surface area (Å²) in [7, 11) is 0. The van der Waals surface area contributed by atoms with E-state index in [0.29, 0.717) is 37.5 Å². The minimum absolute atomic E-state index is 0.222. The van der Waals surface area contributed by atoms with Crippen LogP contribution in [0.4, 0.5) is 4.79 Å². The third-order valence-corrected chi connectivity index (χ3v) is 5.74. The van der Waals surface area contributed by atoms with Crippen LogP contribution in [0.25, 0.3) is 5.78 Å². The lowest BCUT2D eigenvalue weighted by Crippen LogP contribution is -2.62. The second-order valence-corrected chi connectivity index (χ2v) is 7.67. The number of hydrogen-bond acceptors (Lipinski definition) is 6. The Labute approximate surface area is 167 Å². The minimum Gasteiger partial charge on any atom is -0.445 e. The first-order valence-electron chi connectivity index (χ1n) is 9.72. The molecule has 29 heavy (non-hydrogen) atoms. The molecule has 150 valence electrons. The number of carbonyl (C=O) groups excluding carboxylic acids is 1. The molecule has 0 radical (unpaired) electrons. The second-order valence-electron chi connectivity index (χ2n) is 7.67. The Morgan fingerprint density at radius 1 is 1.17 bits per heavy atom. The number of aliphatic hydroxyl groups is 1. The predicted molar refractivity (Wildman–Crippen MR) is 103 cm³/mol. The van der Waals surface area contributed by atoms with E-state index in [0.717, 1.165) is 5.56 Å². The van der Waals surface area contributed by atoms with Gasteiger partial charge in [-0.15, -0.1) is 0 Å². The zero-order valence-corrected chi connectivity index (χ0v) is 15.8. The molecule has 2 aliphatic rings. The molecule has 2 unspecified atom stereocenters. The Morgan fingerprint density at radius 3 is 2.69 bits per heavy atom. The van der Waals surface area contributed by atoms with Crippen molar-refractivity contribution in [2.75, 3.05) is 13.2 Å². The second kappa shape index (κ2) is 7.13. The fourth-order valence-electron chi connectivity index (χ4n) is 4.45. The van der Waals surface area contributed by atoms with Crippen molar-refractivity contribution >= 4 is 11.9 Å². The summed E-state index contributed by atoms with van der Waals surface area (Å²) in [5.41, 5.74) is 0.515. The van der Waals surface area contributed by atoms with Gasteiger partial charge in [-0.25, -0.2) is 14.8 Å². The highest BCUT2D eigenvalue weighted by Gasteiger charge is 2.50. The fraction of sp³-hybridized carbons (Fsp3) is 0.381. The Balaban J connectivity index is 1.36. The van der Waals surface area contributed by atoms with Gasteiger partial charge in [0.1, 0.15) is 12.2 Å². The summed E-state index contributed by atoms with van der Waals surface area (Å²) in [4.78, 5) is 23.1. The quantitative estimate of drug-likeness (QED) is 0.732. The number of ether oxygens (including phenoxy) is 2. The van der Waals surface area contributed by atoms with Crippen LogP contribution >= 0.6 is 0 Å². The Morgan fingerprint density at radius 2 is 1.93 bits per heavy atom. The number of amides is 1. The number of morpholine rings is 1. The Bertz CT molecular complexity index is 1010. The minimum atomic E-state index is -1.11. The van der Waals surface area contributed by atoms with Crippen LogP contribution in [-0.2, 0) is 21.7 Å². The van der Waals surface area contributed by atoms with Crippen molar-refractivity contribution in [3.63, 3.8) is 0 Å². The van der Waals surface area contributed by atoms with E-state index in [9.17, 15) is 9.90 Å². The maximum absolute atomic E-state index is 12.8. The number of carbonyl (C=O) groups is 1. The van der Waals surface area contributed by atoms with E-state index in [1.54, 1.807) is 21.7 Å². The molecule has 2 aromatic heterocycles. The number of fused-ring (bicyclic) bond motifs is 3. The van der Waals surface area contributed by atoms with Crippen LogP contribution < -0.4 is 0 Å². The van der Waals surface area contributed by atoms with Gasteiger partial charge >= 0.3 is 6.09 Å². The predicted octanol–water partition coefficient (Wildman–Crippen LogP) is 2.12. The molecular weight excluding hydrogens is 372 g/mol. The van der Waals surface area contributed by atoms with Crippen molar-refractivity contribution in [2.45, 2.75) is 37.1 Å². The Kier molecular flexibility index (Phi) is 4.44. The van der Waals surface area contributed by atoms with Gasteiger partial charge in [0.25, 0.3) is 0 Å². The third-order valence-electron chi connectivity index (χ3n) is 5.74. The number of nitrogens with zero attached hydrogens (tertiary/aromatic N) is 4. The van der Waals surface area contributed by atoms with Crippen LogP contribution in [0.1, 0.15) is 24.1 Å². The molecule has 1 N–H and O–H groups in total. The highest BCUT2D eigenvalue weighted by molar-refractivity contribution is 5.69. The monoisotopic (exact) mass is 394 g/mol. The normalized spacial score (nSPS) is 26.4. The van der Waals surface area contributed by atoms with E-state index in [1.165, 1.54) is 0 Å². The summed E-state index contributed by atoms with van der Waals surface area (Å²) in [6.07, 6.45) is 5.52. The SMILES string of the molecule is O=C(OCc1ccccc1)N1C2COCC1CC(O)(c1cnc3ncccn13)C2. The van der Waals surface area contributed by atoms with Crippen LogP contribution in [0.15, 0.2) is 55.0 Å². The molecule has 2 saturated heterocycles. The zero-order chi connectivity index (χ0) is 19.8. The molecule has 0 spiro atoms. The average molecular weight is 394 g/mol. The highest BCUT2D eigenvalue weighted by atomic mass is 16.6. The van der Waals surface area contributed by atoms with Gasteiger partial charge in [0.05, 0.1) is 37.2 Å². The lowest BCUT2D eigenvalue weighted by molar-refractivity contribution is -0.138. The van der Waals surface area contributed by atoms with Gasteiger partial charge < -0.3 is 14.6 Å². The smallest absolute Gasteiger partial charge is 0.410 e. The molecule has 2 fully saturated rings.